The SMILES string of the molecule is COC(=O)c1cc(N)ccc1NCc1ccncc1. The largest absolute Gasteiger partial charge is 0.465 e. The lowest BCUT2D eigenvalue weighted by Crippen LogP contribution is -2.09. The average Bonchev–Trinajstić information content (AvgIpc) is 2.46. The smallest absolute Gasteiger partial charge is 0.340 e. The third-order valence-electron chi connectivity index (χ3n) is 2.68. The highest BCUT2D eigenvalue weighted by molar-refractivity contribution is 5.96. The number of carbonyl (C=O) groups excluding carboxylic acids is 1. The van der Waals surface area contributed by atoms with Crippen LogP contribution in [0.25, 0.3) is 0 Å². The molecule has 0 radical (unpaired) electrons. The van der Waals surface area contributed by atoms with Gasteiger partial charge in [-0.05, 0) is 35.9 Å². The molecule has 5 heteroatoms. The van der Waals surface area contributed by atoms with Crippen molar-refractivity contribution in [3.8, 4) is 0 Å². The molecule has 0 fully saturated rings. The van der Waals surface area contributed by atoms with Crippen molar-refractivity contribution in [3.63, 3.8) is 0 Å². The van der Waals surface area contributed by atoms with Gasteiger partial charge in [-0.1, -0.05) is 0 Å². The van der Waals surface area contributed by atoms with E-state index in [1.165, 1.54) is 7.11 Å². The van der Waals surface area contributed by atoms with Crippen molar-refractivity contribution in [2.45, 2.75) is 6.54 Å². The van der Waals surface area contributed by atoms with Crippen molar-refractivity contribution in [2.75, 3.05) is 18.2 Å². The maximum Gasteiger partial charge on any atom is 0.340 e. The Kier molecular flexibility index (Phi) is 3.97. The number of esters is 1. The second-order valence-electron chi connectivity index (χ2n) is 4.01. The molecule has 0 atom stereocenters. The summed E-state index contributed by atoms with van der Waals surface area (Å²) >= 11 is 0. The molecule has 0 aliphatic carbocycles. The zero-order valence-electron chi connectivity index (χ0n) is 10.6. The Bertz CT molecular complexity index is 570. The summed E-state index contributed by atoms with van der Waals surface area (Å²) in [5.41, 5.74) is 8.40. The van der Waals surface area contributed by atoms with Crippen LogP contribution in [0, 0.1) is 0 Å². The maximum absolute atomic E-state index is 11.7. The topological polar surface area (TPSA) is 77.2 Å². The Balaban J connectivity index is 2.18. The summed E-state index contributed by atoms with van der Waals surface area (Å²) in [5.74, 6) is -0.412. The molecule has 0 aliphatic heterocycles. The first-order valence-electron chi connectivity index (χ1n) is 5.81. The molecule has 0 saturated carbocycles. The minimum atomic E-state index is -0.412. The summed E-state index contributed by atoms with van der Waals surface area (Å²) in [5, 5.41) is 3.19. The Morgan fingerprint density at radius 2 is 2.05 bits per heavy atom. The Morgan fingerprint density at radius 1 is 1.32 bits per heavy atom. The molecule has 5 nitrogen and oxygen atoms in total. The molecule has 98 valence electrons. The van der Waals surface area contributed by atoms with E-state index in [4.69, 9.17) is 10.5 Å². The first-order valence-corrected chi connectivity index (χ1v) is 5.81. The van der Waals surface area contributed by atoms with E-state index in [-0.39, 0.29) is 0 Å². The molecule has 3 N–H and O–H groups in total. The number of benzene rings is 1. The number of carbonyl (C=O) groups is 1. The van der Waals surface area contributed by atoms with Gasteiger partial charge in [-0.3, -0.25) is 4.98 Å². The van der Waals surface area contributed by atoms with E-state index in [0.717, 1.165) is 5.56 Å². The van der Waals surface area contributed by atoms with Crippen LogP contribution in [0.3, 0.4) is 0 Å². The van der Waals surface area contributed by atoms with Crippen molar-refractivity contribution >= 4 is 17.3 Å². The number of aromatic nitrogens is 1. The van der Waals surface area contributed by atoms with E-state index in [1.54, 1.807) is 30.6 Å². The van der Waals surface area contributed by atoms with Gasteiger partial charge in [0.2, 0.25) is 0 Å². The summed E-state index contributed by atoms with van der Waals surface area (Å²) < 4.78 is 4.74. The predicted molar refractivity (Wildman–Crippen MR) is 73.8 cm³/mol. The number of nitrogen functional groups attached to an aromatic ring is 1. The third-order valence-corrected chi connectivity index (χ3v) is 2.68. The number of hydrogen-bond acceptors (Lipinski definition) is 5. The summed E-state index contributed by atoms with van der Waals surface area (Å²) in [6.07, 6.45) is 3.45. The number of hydrogen-bond donors (Lipinski definition) is 2. The van der Waals surface area contributed by atoms with Crippen molar-refractivity contribution in [1.82, 2.24) is 4.98 Å². The highest BCUT2D eigenvalue weighted by Crippen LogP contribution is 2.20. The number of methoxy groups -OCH3 is 1. The molecular formula is C14H15N3O2. The lowest BCUT2D eigenvalue weighted by atomic mass is 10.1. The summed E-state index contributed by atoms with van der Waals surface area (Å²) in [6, 6.07) is 8.91. The van der Waals surface area contributed by atoms with Gasteiger partial charge >= 0.3 is 5.97 Å². The van der Waals surface area contributed by atoms with E-state index in [9.17, 15) is 4.79 Å². The number of ether oxygens (including phenoxy) is 1. The van der Waals surface area contributed by atoms with E-state index in [0.29, 0.717) is 23.5 Å². The summed E-state index contributed by atoms with van der Waals surface area (Å²) in [4.78, 5) is 15.6. The minimum Gasteiger partial charge on any atom is -0.465 e. The van der Waals surface area contributed by atoms with Gasteiger partial charge in [0.15, 0.2) is 0 Å². The quantitative estimate of drug-likeness (QED) is 0.647. The fourth-order valence-electron chi connectivity index (χ4n) is 1.69. The van der Waals surface area contributed by atoms with Gasteiger partial charge in [0.1, 0.15) is 0 Å². The molecule has 2 rings (SSSR count). The van der Waals surface area contributed by atoms with Gasteiger partial charge in [-0.2, -0.15) is 0 Å². The molecule has 1 heterocycles. The number of pyridine rings is 1. The number of nitrogens with zero attached hydrogens (tertiary/aromatic N) is 1. The molecule has 0 bridgehead atoms. The van der Waals surface area contributed by atoms with Crippen LogP contribution < -0.4 is 11.1 Å². The third kappa shape index (κ3) is 3.22. The Labute approximate surface area is 111 Å². The second-order valence-corrected chi connectivity index (χ2v) is 4.01. The van der Waals surface area contributed by atoms with Gasteiger partial charge in [0.05, 0.1) is 12.7 Å². The second kappa shape index (κ2) is 5.86. The molecule has 0 saturated heterocycles. The zero-order valence-corrected chi connectivity index (χ0v) is 10.6. The number of rotatable bonds is 4. The monoisotopic (exact) mass is 257 g/mol. The van der Waals surface area contributed by atoms with Crippen LogP contribution in [-0.4, -0.2) is 18.1 Å². The summed E-state index contributed by atoms with van der Waals surface area (Å²) in [6.45, 7) is 0.594. The molecule has 2 aromatic rings. The first-order chi connectivity index (χ1) is 9.20. The van der Waals surface area contributed by atoms with Gasteiger partial charge in [-0.15, -0.1) is 0 Å². The van der Waals surface area contributed by atoms with Gasteiger partial charge < -0.3 is 15.8 Å². The molecule has 0 unspecified atom stereocenters. The van der Waals surface area contributed by atoms with Crippen LogP contribution in [0.2, 0.25) is 0 Å². The zero-order chi connectivity index (χ0) is 13.7. The highest BCUT2D eigenvalue weighted by atomic mass is 16.5. The number of nitrogens with one attached hydrogen (secondary N) is 1. The van der Waals surface area contributed by atoms with E-state index >= 15 is 0 Å². The molecule has 1 aromatic heterocycles. The number of nitrogens with two attached hydrogens (primary N) is 1. The molecule has 1 aromatic carbocycles. The molecule has 0 spiro atoms. The Hall–Kier alpha value is -2.56. The first kappa shape index (κ1) is 12.9. The standard InChI is InChI=1S/C14H15N3O2/c1-19-14(18)12-8-11(15)2-3-13(12)17-9-10-4-6-16-7-5-10/h2-8,17H,9,15H2,1H3. The van der Waals surface area contributed by atoms with Crippen LogP contribution >= 0.6 is 0 Å². The fraction of sp³-hybridized carbons (Fsp3) is 0.143. The lowest BCUT2D eigenvalue weighted by molar-refractivity contribution is 0.0602. The fourth-order valence-corrected chi connectivity index (χ4v) is 1.69. The predicted octanol–water partition coefficient (Wildman–Crippen LogP) is 2.06. The van der Waals surface area contributed by atoms with Crippen LogP contribution in [0.1, 0.15) is 15.9 Å². The van der Waals surface area contributed by atoms with Crippen LogP contribution in [0.15, 0.2) is 42.7 Å². The van der Waals surface area contributed by atoms with Crippen molar-refractivity contribution in [3.05, 3.63) is 53.9 Å². The van der Waals surface area contributed by atoms with Crippen molar-refractivity contribution in [1.29, 1.82) is 0 Å². The number of anilines is 2. The maximum atomic E-state index is 11.7. The molecular weight excluding hydrogens is 242 g/mol. The molecule has 0 amide bonds. The van der Waals surface area contributed by atoms with Crippen molar-refractivity contribution in [2.24, 2.45) is 0 Å². The lowest BCUT2D eigenvalue weighted by Gasteiger charge is -2.11. The highest BCUT2D eigenvalue weighted by Gasteiger charge is 2.11. The summed E-state index contributed by atoms with van der Waals surface area (Å²) in [7, 11) is 1.35. The Morgan fingerprint density at radius 3 is 2.74 bits per heavy atom. The van der Waals surface area contributed by atoms with Crippen LogP contribution in [-0.2, 0) is 11.3 Å². The van der Waals surface area contributed by atoms with Gasteiger partial charge in [0.25, 0.3) is 0 Å². The van der Waals surface area contributed by atoms with E-state index in [2.05, 4.69) is 10.3 Å². The van der Waals surface area contributed by atoms with Crippen LogP contribution in [0.4, 0.5) is 11.4 Å². The average molecular weight is 257 g/mol. The van der Waals surface area contributed by atoms with Crippen molar-refractivity contribution < 1.29 is 9.53 Å². The van der Waals surface area contributed by atoms with E-state index < -0.39 is 5.97 Å². The van der Waals surface area contributed by atoms with E-state index in [1.807, 2.05) is 12.1 Å². The molecule has 0 aliphatic rings. The van der Waals surface area contributed by atoms with Gasteiger partial charge in [-0.25, -0.2) is 4.79 Å². The molecule has 19 heavy (non-hydrogen) atoms. The van der Waals surface area contributed by atoms with Crippen LogP contribution in [0.5, 0.6) is 0 Å². The van der Waals surface area contributed by atoms with Gasteiger partial charge in [0, 0.05) is 30.3 Å². The normalized spacial score (nSPS) is 9.95. The minimum absolute atomic E-state index is 0.412.